The number of rotatable bonds is 9. The van der Waals surface area contributed by atoms with Crippen LogP contribution in [0.1, 0.15) is 18.1 Å². The number of aliphatic hydroxyl groups is 1. The summed E-state index contributed by atoms with van der Waals surface area (Å²) in [7, 11) is 0. The van der Waals surface area contributed by atoms with Gasteiger partial charge in [0.2, 0.25) is 0 Å². The van der Waals surface area contributed by atoms with E-state index in [4.69, 9.17) is 14.6 Å². The number of halogens is 1. The van der Waals surface area contributed by atoms with Crippen molar-refractivity contribution in [2.24, 2.45) is 0 Å². The van der Waals surface area contributed by atoms with Crippen LogP contribution in [0.25, 0.3) is 0 Å². The zero-order valence-corrected chi connectivity index (χ0v) is 13.3. The van der Waals surface area contributed by atoms with Crippen LogP contribution < -0.4 is 10.1 Å². The molecular formula is C15H26ClNO3. The third-order valence-electron chi connectivity index (χ3n) is 2.90. The second-order valence-electron chi connectivity index (χ2n) is 4.72. The Morgan fingerprint density at radius 2 is 1.80 bits per heavy atom. The Morgan fingerprint density at radius 1 is 1.15 bits per heavy atom. The van der Waals surface area contributed by atoms with Crippen LogP contribution in [0.15, 0.2) is 18.2 Å². The Bertz CT molecular complexity index is 354. The molecule has 0 aliphatic heterocycles. The number of hydrogen-bond donors (Lipinski definition) is 2. The topological polar surface area (TPSA) is 50.7 Å². The fourth-order valence-electron chi connectivity index (χ4n) is 1.77. The van der Waals surface area contributed by atoms with Crippen LogP contribution in [0, 0.1) is 13.8 Å². The predicted molar refractivity (Wildman–Crippen MR) is 84.0 cm³/mol. The number of ether oxygens (including phenoxy) is 2. The maximum absolute atomic E-state index is 8.83. The van der Waals surface area contributed by atoms with Gasteiger partial charge in [-0.25, -0.2) is 0 Å². The Morgan fingerprint density at radius 3 is 2.40 bits per heavy atom. The molecule has 116 valence electrons. The van der Waals surface area contributed by atoms with Gasteiger partial charge in [0.05, 0.1) is 19.8 Å². The minimum absolute atomic E-state index is 0. The lowest BCUT2D eigenvalue weighted by Gasteiger charge is -2.13. The van der Waals surface area contributed by atoms with Gasteiger partial charge in [0, 0.05) is 12.6 Å². The van der Waals surface area contributed by atoms with Crippen molar-refractivity contribution in [3.63, 3.8) is 0 Å². The average Bonchev–Trinajstić information content (AvgIpc) is 2.40. The molecule has 0 bridgehead atoms. The maximum Gasteiger partial charge on any atom is 0.125 e. The van der Waals surface area contributed by atoms with Crippen LogP contribution in [0.4, 0.5) is 0 Å². The molecule has 0 unspecified atom stereocenters. The Hall–Kier alpha value is -0.810. The summed E-state index contributed by atoms with van der Waals surface area (Å²) in [5.74, 6) is 0.957. The van der Waals surface area contributed by atoms with Gasteiger partial charge in [-0.15, -0.1) is 12.4 Å². The lowest BCUT2D eigenvalue weighted by molar-refractivity contribution is 0.0984. The fraction of sp³-hybridized carbons (Fsp3) is 0.600. The molecule has 20 heavy (non-hydrogen) atoms. The summed E-state index contributed by atoms with van der Waals surface area (Å²) in [4.78, 5) is 0. The van der Waals surface area contributed by atoms with E-state index in [-0.39, 0.29) is 25.1 Å². The highest BCUT2D eigenvalue weighted by Crippen LogP contribution is 2.21. The predicted octanol–water partition coefficient (Wildman–Crippen LogP) is 2.09. The lowest BCUT2D eigenvalue weighted by Crippen LogP contribution is -2.32. The van der Waals surface area contributed by atoms with E-state index in [1.54, 1.807) is 0 Å². The molecule has 0 amide bonds. The van der Waals surface area contributed by atoms with Crippen molar-refractivity contribution < 1.29 is 14.6 Å². The molecule has 2 N–H and O–H groups in total. The number of benzene rings is 1. The van der Waals surface area contributed by atoms with Crippen molar-refractivity contribution in [1.82, 2.24) is 5.32 Å². The van der Waals surface area contributed by atoms with Crippen molar-refractivity contribution in [1.29, 1.82) is 0 Å². The summed E-state index contributed by atoms with van der Waals surface area (Å²) in [6.07, 6.45) is 0. The van der Waals surface area contributed by atoms with E-state index in [9.17, 15) is 0 Å². The molecule has 0 saturated heterocycles. The first-order chi connectivity index (χ1) is 9.15. The zero-order valence-electron chi connectivity index (χ0n) is 12.5. The van der Waals surface area contributed by atoms with E-state index in [0.29, 0.717) is 19.8 Å². The molecule has 0 fully saturated rings. The van der Waals surface area contributed by atoms with Gasteiger partial charge in [0.1, 0.15) is 12.4 Å². The van der Waals surface area contributed by atoms with Crippen molar-refractivity contribution in [3.05, 3.63) is 29.3 Å². The van der Waals surface area contributed by atoms with Gasteiger partial charge in [0.25, 0.3) is 0 Å². The molecule has 1 rings (SSSR count). The largest absolute Gasteiger partial charge is 0.491 e. The highest BCUT2D eigenvalue weighted by atomic mass is 35.5. The summed E-state index contributed by atoms with van der Waals surface area (Å²) in [6, 6.07) is 6.24. The Balaban J connectivity index is 0.00000361. The van der Waals surface area contributed by atoms with E-state index in [1.807, 2.05) is 39.0 Å². The fourth-order valence-corrected chi connectivity index (χ4v) is 1.77. The Labute approximate surface area is 127 Å². The quantitative estimate of drug-likeness (QED) is 0.686. The van der Waals surface area contributed by atoms with E-state index in [0.717, 1.165) is 23.4 Å². The van der Waals surface area contributed by atoms with Crippen LogP contribution in [-0.2, 0) is 4.74 Å². The highest BCUT2D eigenvalue weighted by Gasteiger charge is 2.02. The SMILES string of the molecule is Cc1cccc(C)c1OCCOCCN[C@H](C)CO.Cl. The summed E-state index contributed by atoms with van der Waals surface area (Å²) < 4.78 is 11.2. The van der Waals surface area contributed by atoms with E-state index in [2.05, 4.69) is 5.32 Å². The number of aryl methyl sites for hydroxylation is 2. The molecule has 0 heterocycles. The zero-order chi connectivity index (χ0) is 14.1. The number of hydrogen-bond acceptors (Lipinski definition) is 4. The first-order valence-corrected chi connectivity index (χ1v) is 6.76. The average molecular weight is 304 g/mol. The summed E-state index contributed by atoms with van der Waals surface area (Å²) >= 11 is 0. The van der Waals surface area contributed by atoms with Gasteiger partial charge >= 0.3 is 0 Å². The first kappa shape index (κ1) is 19.2. The van der Waals surface area contributed by atoms with Crippen LogP contribution in [0.3, 0.4) is 0 Å². The molecule has 0 radical (unpaired) electrons. The van der Waals surface area contributed by atoms with Crippen LogP contribution in [0.5, 0.6) is 5.75 Å². The summed E-state index contributed by atoms with van der Waals surface area (Å²) in [5, 5.41) is 12.0. The number of para-hydroxylation sites is 1. The van der Waals surface area contributed by atoms with E-state index in [1.165, 1.54) is 0 Å². The minimum Gasteiger partial charge on any atom is -0.491 e. The standard InChI is InChI=1S/C15H25NO3.ClH/c1-12-5-4-6-13(2)15(12)19-10-9-18-8-7-16-14(3)11-17;/h4-6,14,16-17H,7-11H2,1-3H3;1H/t14-;/m1./s1. The molecule has 0 aliphatic rings. The normalized spacial score (nSPS) is 11.8. The monoisotopic (exact) mass is 303 g/mol. The van der Waals surface area contributed by atoms with Gasteiger partial charge in [0.15, 0.2) is 0 Å². The second-order valence-corrected chi connectivity index (χ2v) is 4.72. The molecule has 1 atom stereocenters. The van der Waals surface area contributed by atoms with Crippen LogP contribution >= 0.6 is 12.4 Å². The smallest absolute Gasteiger partial charge is 0.125 e. The maximum atomic E-state index is 8.83. The summed E-state index contributed by atoms with van der Waals surface area (Å²) in [5.41, 5.74) is 2.30. The molecule has 4 nitrogen and oxygen atoms in total. The number of nitrogens with one attached hydrogen (secondary N) is 1. The third kappa shape index (κ3) is 7.10. The van der Waals surface area contributed by atoms with Gasteiger partial charge in [-0.05, 0) is 31.9 Å². The number of aliphatic hydroxyl groups excluding tert-OH is 1. The molecule has 0 aliphatic carbocycles. The molecule has 5 heteroatoms. The minimum atomic E-state index is 0. The van der Waals surface area contributed by atoms with Gasteiger partial charge < -0.3 is 19.9 Å². The molecule has 0 spiro atoms. The van der Waals surface area contributed by atoms with E-state index >= 15 is 0 Å². The van der Waals surface area contributed by atoms with Crippen molar-refractivity contribution >= 4 is 12.4 Å². The first-order valence-electron chi connectivity index (χ1n) is 6.76. The third-order valence-corrected chi connectivity index (χ3v) is 2.90. The van der Waals surface area contributed by atoms with Gasteiger partial charge in [-0.2, -0.15) is 0 Å². The van der Waals surface area contributed by atoms with Gasteiger partial charge in [-0.1, -0.05) is 18.2 Å². The summed E-state index contributed by atoms with van der Waals surface area (Å²) in [6.45, 7) is 8.67. The van der Waals surface area contributed by atoms with Crippen molar-refractivity contribution in [3.8, 4) is 5.75 Å². The highest BCUT2D eigenvalue weighted by molar-refractivity contribution is 5.85. The van der Waals surface area contributed by atoms with E-state index < -0.39 is 0 Å². The van der Waals surface area contributed by atoms with Crippen molar-refractivity contribution in [2.45, 2.75) is 26.8 Å². The second kappa shape index (κ2) is 10.9. The molecule has 1 aromatic carbocycles. The van der Waals surface area contributed by atoms with Crippen LogP contribution in [0.2, 0.25) is 0 Å². The molecule has 0 saturated carbocycles. The molecular weight excluding hydrogens is 278 g/mol. The van der Waals surface area contributed by atoms with Crippen molar-refractivity contribution in [2.75, 3.05) is 33.0 Å². The van der Waals surface area contributed by atoms with Crippen LogP contribution in [-0.4, -0.2) is 44.1 Å². The van der Waals surface area contributed by atoms with Gasteiger partial charge in [-0.3, -0.25) is 0 Å². The molecule has 1 aromatic rings. The lowest BCUT2D eigenvalue weighted by atomic mass is 10.1. The Kier molecular flexibility index (Phi) is 10.5. The molecule has 0 aromatic heterocycles.